The Morgan fingerprint density at radius 1 is 1.19 bits per heavy atom. The van der Waals surface area contributed by atoms with Crippen LogP contribution in [0.3, 0.4) is 0 Å². The number of nitrogens with one attached hydrogen (secondary N) is 1. The average molecular weight is 375 g/mol. The number of fused-ring (bicyclic) bond motifs is 2. The molecule has 1 aromatic rings. The molecule has 1 amide bonds. The molecule has 8 nitrogen and oxygen atoms in total. The Morgan fingerprint density at radius 2 is 2.00 bits per heavy atom. The van der Waals surface area contributed by atoms with E-state index < -0.39 is 15.9 Å². The number of hydrogen-bond donors (Lipinski definition) is 1. The Labute approximate surface area is 150 Å². The number of carbonyl (C=O) groups is 1. The summed E-state index contributed by atoms with van der Waals surface area (Å²) in [6.07, 6.45) is 5.74. The van der Waals surface area contributed by atoms with Crippen LogP contribution < -0.4 is 14.8 Å². The average Bonchev–Trinajstić information content (AvgIpc) is 2.85. The van der Waals surface area contributed by atoms with Gasteiger partial charge >= 0.3 is 0 Å². The van der Waals surface area contributed by atoms with E-state index >= 15 is 0 Å². The van der Waals surface area contributed by atoms with Gasteiger partial charge in [0, 0.05) is 30.9 Å². The van der Waals surface area contributed by atoms with Crippen molar-refractivity contribution in [3.8, 4) is 11.5 Å². The third-order valence-electron chi connectivity index (χ3n) is 4.11. The van der Waals surface area contributed by atoms with Crippen LogP contribution in [-0.4, -0.2) is 50.6 Å². The first-order chi connectivity index (χ1) is 12.5. The highest BCUT2D eigenvalue weighted by atomic mass is 32.2. The van der Waals surface area contributed by atoms with Crippen LogP contribution in [0.1, 0.15) is 6.42 Å². The van der Waals surface area contributed by atoms with Crippen LogP contribution in [0.25, 0.3) is 0 Å². The Bertz CT molecular complexity index is 949. The van der Waals surface area contributed by atoms with Gasteiger partial charge in [-0.3, -0.25) is 4.79 Å². The van der Waals surface area contributed by atoms with Crippen LogP contribution in [0.5, 0.6) is 11.5 Å². The van der Waals surface area contributed by atoms with Crippen molar-refractivity contribution in [1.82, 2.24) is 4.90 Å². The van der Waals surface area contributed by atoms with Gasteiger partial charge in [0.2, 0.25) is 0 Å². The zero-order valence-electron chi connectivity index (χ0n) is 13.8. The lowest BCUT2D eigenvalue weighted by atomic mass is 10.1. The van der Waals surface area contributed by atoms with Gasteiger partial charge in [0.05, 0.1) is 24.5 Å². The van der Waals surface area contributed by atoms with Gasteiger partial charge in [0.15, 0.2) is 17.3 Å². The normalized spacial score (nSPS) is 20.4. The van der Waals surface area contributed by atoms with Crippen molar-refractivity contribution >= 4 is 27.5 Å². The van der Waals surface area contributed by atoms with E-state index in [2.05, 4.69) is 9.71 Å². The van der Waals surface area contributed by atoms with Gasteiger partial charge in [-0.05, 0) is 24.3 Å². The number of rotatable bonds is 2. The molecular weight excluding hydrogens is 358 g/mol. The Morgan fingerprint density at radius 3 is 2.85 bits per heavy atom. The predicted molar refractivity (Wildman–Crippen MR) is 95.8 cm³/mol. The summed E-state index contributed by atoms with van der Waals surface area (Å²) in [5.41, 5.74) is 0.725. The van der Waals surface area contributed by atoms with Crippen molar-refractivity contribution in [2.24, 2.45) is 4.40 Å². The number of ether oxygens (including phenoxy) is 2. The molecular formula is C17H17N3O5S. The second-order valence-electron chi connectivity index (χ2n) is 5.98. The summed E-state index contributed by atoms with van der Waals surface area (Å²) < 4.78 is 38.5. The number of allylic oxidation sites excluding steroid dienone is 2. The van der Waals surface area contributed by atoms with Crippen molar-refractivity contribution in [2.45, 2.75) is 6.42 Å². The molecule has 0 atom stereocenters. The molecule has 0 unspecified atom stereocenters. The summed E-state index contributed by atoms with van der Waals surface area (Å²) >= 11 is 0. The first-order valence-electron chi connectivity index (χ1n) is 8.21. The van der Waals surface area contributed by atoms with Crippen molar-refractivity contribution in [3.05, 3.63) is 42.1 Å². The minimum absolute atomic E-state index is 0.0715. The van der Waals surface area contributed by atoms with Crippen LogP contribution in [0.15, 0.2) is 46.5 Å². The van der Waals surface area contributed by atoms with E-state index in [0.29, 0.717) is 30.4 Å². The van der Waals surface area contributed by atoms with E-state index in [1.807, 2.05) is 0 Å². The maximum Gasteiger partial charge on any atom is 0.259 e. The lowest BCUT2D eigenvalue weighted by Gasteiger charge is -2.28. The van der Waals surface area contributed by atoms with Gasteiger partial charge in [-0.25, -0.2) is 8.42 Å². The van der Waals surface area contributed by atoms with Gasteiger partial charge in [-0.15, -0.1) is 4.40 Å². The SMILES string of the molecule is O=C(Nc1ccc2c(c1)OCCCO2)C1=CC=CN2CCS(=O)(=O)N=C12. The standard InChI is InChI=1S/C17H17N3O5S/c21-17(13-3-1-6-20-7-10-26(22,23)19-16(13)20)18-12-4-5-14-15(11-12)25-9-2-8-24-14/h1,3-6,11H,2,7-10H2,(H,18,21). The molecule has 3 aliphatic rings. The Hall–Kier alpha value is -2.81. The van der Waals surface area contributed by atoms with E-state index in [-0.39, 0.29) is 23.7 Å². The van der Waals surface area contributed by atoms with Crippen molar-refractivity contribution in [1.29, 1.82) is 0 Å². The highest BCUT2D eigenvalue weighted by Gasteiger charge is 2.30. The molecule has 0 saturated heterocycles. The summed E-state index contributed by atoms with van der Waals surface area (Å²) in [7, 11) is -3.55. The second kappa shape index (κ2) is 6.49. The van der Waals surface area contributed by atoms with Crippen LogP contribution in [0, 0.1) is 0 Å². The van der Waals surface area contributed by atoms with Gasteiger partial charge in [0.25, 0.3) is 15.9 Å². The lowest BCUT2D eigenvalue weighted by molar-refractivity contribution is -0.112. The molecule has 0 aliphatic carbocycles. The predicted octanol–water partition coefficient (Wildman–Crippen LogP) is 1.28. The third-order valence-corrected chi connectivity index (χ3v) is 5.26. The topological polar surface area (TPSA) is 97.3 Å². The van der Waals surface area contributed by atoms with Gasteiger partial charge in [-0.2, -0.15) is 0 Å². The van der Waals surface area contributed by atoms with Crippen LogP contribution in [0.2, 0.25) is 0 Å². The third kappa shape index (κ3) is 3.30. The number of carbonyl (C=O) groups excluding carboxylic acids is 1. The van der Waals surface area contributed by atoms with Crippen LogP contribution in [0.4, 0.5) is 5.69 Å². The van der Waals surface area contributed by atoms with Crippen molar-refractivity contribution in [3.63, 3.8) is 0 Å². The summed E-state index contributed by atoms with van der Waals surface area (Å²) in [5, 5.41) is 2.76. The Kier molecular flexibility index (Phi) is 4.15. The fourth-order valence-corrected chi connectivity index (χ4v) is 3.82. The zero-order valence-corrected chi connectivity index (χ0v) is 14.7. The first-order valence-corrected chi connectivity index (χ1v) is 9.82. The first kappa shape index (κ1) is 16.6. The number of nitrogens with zero attached hydrogens (tertiary/aromatic N) is 2. The van der Waals surface area contributed by atoms with E-state index in [4.69, 9.17) is 9.47 Å². The van der Waals surface area contributed by atoms with E-state index in [1.165, 1.54) is 0 Å². The number of amidine groups is 1. The van der Waals surface area contributed by atoms with E-state index in [0.717, 1.165) is 6.42 Å². The number of amides is 1. The molecule has 0 saturated carbocycles. The molecule has 0 aromatic heterocycles. The van der Waals surface area contributed by atoms with Crippen molar-refractivity contribution in [2.75, 3.05) is 30.8 Å². The summed E-state index contributed by atoms with van der Waals surface area (Å²) in [6, 6.07) is 5.14. The molecule has 0 spiro atoms. The molecule has 0 radical (unpaired) electrons. The summed E-state index contributed by atoms with van der Waals surface area (Å²) in [4.78, 5) is 14.3. The molecule has 0 bridgehead atoms. The van der Waals surface area contributed by atoms with Gasteiger partial charge in [-0.1, -0.05) is 0 Å². The van der Waals surface area contributed by atoms with Gasteiger partial charge in [0.1, 0.15) is 0 Å². The molecule has 4 rings (SSSR count). The second-order valence-corrected chi connectivity index (χ2v) is 7.74. The largest absolute Gasteiger partial charge is 0.490 e. The number of anilines is 1. The quantitative estimate of drug-likeness (QED) is 0.836. The van der Waals surface area contributed by atoms with Crippen molar-refractivity contribution < 1.29 is 22.7 Å². The van der Waals surface area contributed by atoms with E-state index in [1.54, 1.807) is 41.5 Å². The lowest BCUT2D eigenvalue weighted by Crippen LogP contribution is -2.40. The minimum atomic E-state index is -3.55. The number of hydrogen-bond acceptors (Lipinski definition) is 6. The van der Waals surface area contributed by atoms with E-state index in [9.17, 15) is 13.2 Å². The highest BCUT2D eigenvalue weighted by Crippen LogP contribution is 2.32. The molecule has 1 aromatic carbocycles. The number of benzene rings is 1. The van der Waals surface area contributed by atoms with Gasteiger partial charge < -0.3 is 19.7 Å². The zero-order chi connectivity index (χ0) is 18.1. The highest BCUT2D eigenvalue weighted by molar-refractivity contribution is 7.90. The fraction of sp³-hybridized carbons (Fsp3) is 0.294. The summed E-state index contributed by atoms with van der Waals surface area (Å²) in [6.45, 7) is 1.40. The minimum Gasteiger partial charge on any atom is -0.490 e. The smallest absolute Gasteiger partial charge is 0.259 e. The molecule has 9 heteroatoms. The maximum atomic E-state index is 12.7. The molecule has 1 N–H and O–H groups in total. The Balaban J connectivity index is 1.58. The number of sulfonamides is 1. The molecule has 136 valence electrons. The van der Waals surface area contributed by atoms with Crippen LogP contribution >= 0.6 is 0 Å². The molecule has 3 aliphatic heterocycles. The summed E-state index contributed by atoms with van der Waals surface area (Å²) in [5.74, 6) is 0.833. The fourth-order valence-electron chi connectivity index (χ4n) is 2.83. The maximum absolute atomic E-state index is 12.7. The molecule has 3 heterocycles. The van der Waals surface area contributed by atoms with Crippen LogP contribution in [-0.2, 0) is 14.8 Å². The molecule has 26 heavy (non-hydrogen) atoms. The molecule has 0 fully saturated rings. The monoisotopic (exact) mass is 375 g/mol.